The Morgan fingerprint density at radius 3 is 2.69 bits per heavy atom. The zero-order chi connectivity index (χ0) is 21.8. The number of pyridine rings is 1. The van der Waals surface area contributed by atoms with E-state index in [-0.39, 0.29) is 5.75 Å². The van der Waals surface area contributed by atoms with Gasteiger partial charge in [0.15, 0.2) is 17.1 Å². The molecule has 8 heteroatoms. The summed E-state index contributed by atoms with van der Waals surface area (Å²) in [5.41, 5.74) is 7.54. The standard InChI is InChI=1S/C24H23N7O/c1-3-30-12-17(14(2)28-30)20-15-8-4-6-10-18(15)26-23-21(20)24-27-22(29-31(24)13-25-23)16-9-5-7-11-19(16)32/h5,7,9,11-13,32H,3-4,6,8,10H2,1-2H3. The van der Waals surface area contributed by atoms with Gasteiger partial charge >= 0.3 is 0 Å². The second-order valence-corrected chi connectivity index (χ2v) is 8.27. The van der Waals surface area contributed by atoms with Gasteiger partial charge in [-0.15, -0.1) is 5.10 Å². The number of nitrogens with zero attached hydrogens (tertiary/aromatic N) is 7. The molecule has 6 rings (SSSR count). The van der Waals surface area contributed by atoms with Gasteiger partial charge in [-0.3, -0.25) is 4.68 Å². The van der Waals surface area contributed by atoms with Crippen molar-refractivity contribution in [1.29, 1.82) is 0 Å². The molecule has 1 N–H and O–H groups in total. The number of fused-ring (bicyclic) bond motifs is 4. The molecule has 0 saturated carbocycles. The number of phenolic OH excluding ortho intramolecular Hbond substituents is 1. The summed E-state index contributed by atoms with van der Waals surface area (Å²) >= 11 is 0. The maximum Gasteiger partial charge on any atom is 0.185 e. The number of phenols is 1. The molecule has 160 valence electrons. The van der Waals surface area contributed by atoms with Crippen molar-refractivity contribution in [3.8, 4) is 28.3 Å². The van der Waals surface area contributed by atoms with E-state index >= 15 is 0 Å². The summed E-state index contributed by atoms with van der Waals surface area (Å²) in [7, 11) is 0. The van der Waals surface area contributed by atoms with E-state index in [1.54, 1.807) is 23.0 Å². The summed E-state index contributed by atoms with van der Waals surface area (Å²) in [4.78, 5) is 14.4. The quantitative estimate of drug-likeness (QED) is 0.467. The van der Waals surface area contributed by atoms with E-state index in [0.29, 0.717) is 22.7 Å². The molecular weight excluding hydrogens is 402 g/mol. The van der Waals surface area contributed by atoms with Crippen molar-refractivity contribution in [2.75, 3.05) is 0 Å². The maximum atomic E-state index is 10.3. The topological polar surface area (TPSA) is 94.0 Å². The first-order valence-corrected chi connectivity index (χ1v) is 11.0. The van der Waals surface area contributed by atoms with Crippen molar-refractivity contribution in [2.24, 2.45) is 0 Å². The lowest BCUT2D eigenvalue weighted by Crippen LogP contribution is -2.10. The number of hydrogen-bond acceptors (Lipinski definition) is 6. The molecule has 0 unspecified atom stereocenters. The Kier molecular flexibility index (Phi) is 4.21. The fraction of sp³-hybridized carbons (Fsp3) is 0.292. The van der Waals surface area contributed by atoms with E-state index in [9.17, 15) is 5.11 Å². The number of aryl methyl sites for hydroxylation is 3. The molecule has 1 aliphatic rings. The maximum absolute atomic E-state index is 10.3. The van der Waals surface area contributed by atoms with Gasteiger partial charge in [0.05, 0.1) is 16.6 Å². The van der Waals surface area contributed by atoms with Gasteiger partial charge < -0.3 is 5.11 Å². The third-order valence-electron chi connectivity index (χ3n) is 6.28. The lowest BCUT2D eigenvalue weighted by Gasteiger charge is -2.20. The van der Waals surface area contributed by atoms with Gasteiger partial charge in [-0.2, -0.15) is 5.10 Å². The molecule has 0 spiro atoms. The Morgan fingerprint density at radius 1 is 1.03 bits per heavy atom. The van der Waals surface area contributed by atoms with Gasteiger partial charge in [-0.25, -0.2) is 19.5 Å². The summed E-state index contributed by atoms with van der Waals surface area (Å²) in [6.07, 6.45) is 7.99. The predicted molar refractivity (Wildman–Crippen MR) is 121 cm³/mol. The van der Waals surface area contributed by atoms with Crippen LogP contribution in [0.4, 0.5) is 0 Å². The Bertz CT molecular complexity index is 1500. The second kappa shape index (κ2) is 7.12. The van der Waals surface area contributed by atoms with Crippen molar-refractivity contribution >= 4 is 16.7 Å². The van der Waals surface area contributed by atoms with Crippen LogP contribution >= 0.6 is 0 Å². The smallest absolute Gasteiger partial charge is 0.185 e. The van der Waals surface area contributed by atoms with Crippen molar-refractivity contribution in [1.82, 2.24) is 34.3 Å². The number of aromatic hydroxyl groups is 1. The highest BCUT2D eigenvalue weighted by atomic mass is 16.3. The van der Waals surface area contributed by atoms with Crippen LogP contribution in [0.2, 0.25) is 0 Å². The second-order valence-electron chi connectivity index (χ2n) is 8.27. The van der Waals surface area contributed by atoms with E-state index in [1.165, 1.54) is 5.56 Å². The summed E-state index contributed by atoms with van der Waals surface area (Å²) in [6.45, 7) is 4.95. The molecule has 0 saturated heterocycles. The van der Waals surface area contributed by atoms with E-state index < -0.39 is 0 Å². The number of rotatable bonds is 3. The highest BCUT2D eigenvalue weighted by Crippen LogP contribution is 2.39. The minimum Gasteiger partial charge on any atom is -0.507 e. The minimum atomic E-state index is 0.150. The highest BCUT2D eigenvalue weighted by molar-refractivity contribution is 6.04. The molecule has 5 aromatic rings. The summed E-state index contributed by atoms with van der Waals surface area (Å²) < 4.78 is 3.65. The van der Waals surface area contributed by atoms with Crippen LogP contribution in [0.25, 0.3) is 39.2 Å². The lowest BCUT2D eigenvalue weighted by molar-refractivity contribution is 0.477. The molecule has 0 bridgehead atoms. The summed E-state index contributed by atoms with van der Waals surface area (Å²) in [5, 5.41) is 20.5. The van der Waals surface area contributed by atoms with Gasteiger partial charge in [0.2, 0.25) is 0 Å². The molecular formula is C24H23N7O. The third kappa shape index (κ3) is 2.79. The number of aromatic nitrogens is 7. The average Bonchev–Trinajstić information content (AvgIpc) is 3.41. The Hall–Kier alpha value is -3.81. The Labute approximate surface area is 184 Å². The van der Waals surface area contributed by atoms with Gasteiger partial charge in [-0.05, 0) is 57.2 Å². The van der Waals surface area contributed by atoms with Crippen molar-refractivity contribution in [3.05, 3.63) is 53.7 Å². The van der Waals surface area contributed by atoms with Gasteiger partial charge in [0.1, 0.15) is 12.1 Å². The lowest BCUT2D eigenvalue weighted by atomic mass is 9.87. The molecule has 0 radical (unpaired) electrons. The summed E-state index contributed by atoms with van der Waals surface area (Å²) in [5.74, 6) is 0.610. The third-order valence-corrected chi connectivity index (χ3v) is 6.28. The summed E-state index contributed by atoms with van der Waals surface area (Å²) in [6, 6.07) is 7.11. The van der Waals surface area contributed by atoms with Crippen molar-refractivity contribution < 1.29 is 5.11 Å². The van der Waals surface area contributed by atoms with Crippen molar-refractivity contribution in [3.63, 3.8) is 0 Å². The highest BCUT2D eigenvalue weighted by Gasteiger charge is 2.25. The van der Waals surface area contributed by atoms with Crippen molar-refractivity contribution in [2.45, 2.75) is 46.1 Å². The average molecular weight is 425 g/mol. The predicted octanol–water partition coefficient (Wildman–Crippen LogP) is 4.12. The zero-order valence-corrected chi connectivity index (χ0v) is 18.1. The Balaban J connectivity index is 1.72. The number of benzene rings is 1. The first-order chi connectivity index (χ1) is 15.6. The van der Waals surface area contributed by atoms with E-state index in [2.05, 4.69) is 23.2 Å². The van der Waals surface area contributed by atoms with Crippen LogP contribution in [0, 0.1) is 6.92 Å². The first-order valence-electron chi connectivity index (χ1n) is 11.0. The normalized spacial score (nSPS) is 13.7. The molecule has 4 aromatic heterocycles. The number of para-hydroxylation sites is 1. The number of hydrogen-bond donors (Lipinski definition) is 1. The Morgan fingerprint density at radius 2 is 1.88 bits per heavy atom. The van der Waals surface area contributed by atoms with Crippen LogP contribution in [0.5, 0.6) is 5.75 Å². The zero-order valence-electron chi connectivity index (χ0n) is 18.1. The molecule has 4 heterocycles. The van der Waals surface area contributed by atoms with Crippen LogP contribution < -0.4 is 0 Å². The van der Waals surface area contributed by atoms with E-state index in [0.717, 1.165) is 60.1 Å². The fourth-order valence-corrected chi connectivity index (χ4v) is 4.72. The van der Waals surface area contributed by atoms with Gasteiger partial charge in [0, 0.05) is 29.6 Å². The largest absolute Gasteiger partial charge is 0.507 e. The van der Waals surface area contributed by atoms with Gasteiger partial charge in [0.25, 0.3) is 0 Å². The molecule has 0 atom stereocenters. The van der Waals surface area contributed by atoms with Crippen LogP contribution in [-0.4, -0.2) is 39.5 Å². The van der Waals surface area contributed by atoms with E-state index in [1.807, 2.05) is 23.7 Å². The monoisotopic (exact) mass is 425 g/mol. The molecule has 1 aromatic carbocycles. The molecule has 8 nitrogen and oxygen atoms in total. The molecule has 32 heavy (non-hydrogen) atoms. The van der Waals surface area contributed by atoms with Crippen LogP contribution in [0.3, 0.4) is 0 Å². The van der Waals surface area contributed by atoms with Gasteiger partial charge in [-0.1, -0.05) is 12.1 Å². The molecule has 0 amide bonds. The van der Waals surface area contributed by atoms with E-state index in [4.69, 9.17) is 15.1 Å². The fourth-order valence-electron chi connectivity index (χ4n) is 4.72. The minimum absolute atomic E-state index is 0.150. The van der Waals surface area contributed by atoms with Crippen LogP contribution in [0.15, 0.2) is 36.8 Å². The molecule has 0 aliphatic heterocycles. The van der Waals surface area contributed by atoms with Crippen LogP contribution in [0.1, 0.15) is 36.7 Å². The molecule has 0 fully saturated rings. The first kappa shape index (κ1) is 18.9. The molecule has 1 aliphatic carbocycles. The SMILES string of the molecule is CCn1cc(-c2c3c(nc4ncn5nc(-c6ccccc6O)nc5c24)CCCC3)c(C)n1. The van der Waals surface area contributed by atoms with Crippen LogP contribution in [-0.2, 0) is 19.4 Å².